The normalized spacial score (nSPS) is 11.4. The third kappa shape index (κ3) is 5.01. The molecule has 0 saturated carbocycles. The Morgan fingerprint density at radius 2 is 2.25 bits per heavy atom. The zero-order valence-electron chi connectivity index (χ0n) is 9.34. The zero-order chi connectivity index (χ0) is 12.0. The van der Waals surface area contributed by atoms with Crippen LogP contribution < -0.4 is 0 Å². The van der Waals surface area contributed by atoms with Gasteiger partial charge in [-0.1, -0.05) is 16.9 Å². The van der Waals surface area contributed by atoms with E-state index in [4.69, 9.17) is 0 Å². The molecule has 0 bridgehead atoms. The number of aliphatic hydroxyl groups is 1. The molecule has 16 heavy (non-hydrogen) atoms. The minimum absolute atomic E-state index is 0.123. The van der Waals surface area contributed by atoms with Crippen molar-refractivity contribution in [3.63, 3.8) is 0 Å². The molecule has 0 fully saturated rings. The largest absolute Gasteiger partial charge is 0.383 e. The van der Waals surface area contributed by atoms with Gasteiger partial charge in [-0.3, -0.25) is 4.79 Å². The van der Waals surface area contributed by atoms with E-state index in [-0.39, 0.29) is 5.78 Å². The molecule has 88 valence electrons. The van der Waals surface area contributed by atoms with Gasteiger partial charge in [-0.05, 0) is 36.8 Å². The lowest BCUT2D eigenvalue weighted by atomic mass is 10.0. The summed E-state index contributed by atoms with van der Waals surface area (Å²) in [5.41, 5.74) is -1.21. The molecule has 0 saturated heterocycles. The minimum Gasteiger partial charge on any atom is -0.383 e. The van der Waals surface area contributed by atoms with E-state index in [9.17, 15) is 9.90 Å². The van der Waals surface area contributed by atoms with E-state index in [1.165, 1.54) is 13.8 Å². The van der Waals surface area contributed by atoms with Crippen LogP contribution in [0.1, 0.15) is 20.3 Å². The molecule has 0 aliphatic carbocycles. The first-order chi connectivity index (χ1) is 7.50. The number of carbonyl (C=O) groups is 1. The van der Waals surface area contributed by atoms with Gasteiger partial charge in [0.1, 0.15) is 10.6 Å². The molecule has 1 rings (SSSR count). The Bertz CT molecular complexity index is 336. The Kier molecular flexibility index (Phi) is 5.31. The number of hydrogen-bond donors (Lipinski definition) is 1. The van der Waals surface area contributed by atoms with Crippen molar-refractivity contribution in [1.29, 1.82) is 0 Å². The van der Waals surface area contributed by atoms with Crippen LogP contribution in [0.2, 0.25) is 0 Å². The number of hydrogen-bond acceptors (Lipinski definition) is 5. The second-order valence-electron chi connectivity index (χ2n) is 3.81. The van der Waals surface area contributed by atoms with Crippen LogP contribution in [0, 0.1) is 0 Å². The van der Waals surface area contributed by atoms with Crippen molar-refractivity contribution in [2.24, 2.45) is 0 Å². The average molecular weight is 257 g/mol. The molecule has 0 radical (unpaired) electrons. The van der Waals surface area contributed by atoms with Crippen molar-refractivity contribution in [3.05, 3.63) is 24.4 Å². The molecule has 0 atom stereocenters. The molecule has 1 aromatic rings. The summed E-state index contributed by atoms with van der Waals surface area (Å²) in [4.78, 5) is 15.5. The van der Waals surface area contributed by atoms with Crippen LogP contribution in [0.4, 0.5) is 0 Å². The third-order valence-corrected chi connectivity index (χ3v) is 4.14. The molecule has 0 amide bonds. The third-order valence-electron chi connectivity index (χ3n) is 1.88. The van der Waals surface area contributed by atoms with Crippen LogP contribution in [-0.4, -0.2) is 27.2 Å². The van der Waals surface area contributed by atoms with E-state index in [0.717, 1.165) is 5.03 Å². The van der Waals surface area contributed by atoms with Gasteiger partial charge >= 0.3 is 0 Å². The van der Waals surface area contributed by atoms with Crippen LogP contribution in [-0.2, 0) is 4.79 Å². The quantitative estimate of drug-likeness (QED) is 0.627. The molecular formula is C11H15NO2S2. The second kappa shape index (κ2) is 6.27. The van der Waals surface area contributed by atoms with Gasteiger partial charge in [0.05, 0.1) is 0 Å². The molecular weight excluding hydrogens is 242 g/mol. The Balaban J connectivity index is 2.20. The summed E-state index contributed by atoms with van der Waals surface area (Å²) in [7, 11) is 3.12. The lowest BCUT2D eigenvalue weighted by Gasteiger charge is -2.14. The van der Waals surface area contributed by atoms with E-state index in [2.05, 4.69) is 4.98 Å². The zero-order valence-corrected chi connectivity index (χ0v) is 11.0. The Morgan fingerprint density at radius 1 is 1.50 bits per heavy atom. The predicted molar refractivity (Wildman–Crippen MR) is 68.5 cm³/mol. The van der Waals surface area contributed by atoms with Crippen LogP contribution in [0.25, 0.3) is 0 Å². The molecule has 1 heterocycles. The smallest absolute Gasteiger partial charge is 0.164 e. The fraction of sp³-hybridized carbons (Fsp3) is 0.455. The van der Waals surface area contributed by atoms with Gasteiger partial charge in [0, 0.05) is 18.4 Å². The molecule has 0 unspecified atom stereocenters. The summed E-state index contributed by atoms with van der Waals surface area (Å²) in [5.74, 6) is 0.561. The second-order valence-corrected chi connectivity index (χ2v) is 6.24. The number of carbonyl (C=O) groups excluding carboxylic acids is 1. The van der Waals surface area contributed by atoms with Crippen molar-refractivity contribution in [2.45, 2.75) is 30.9 Å². The van der Waals surface area contributed by atoms with Crippen LogP contribution in [0.5, 0.6) is 0 Å². The van der Waals surface area contributed by atoms with Gasteiger partial charge in [-0.25, -0.2) is 4.98 Å². The number of Topliss-reactive ketones (excluding diaryl/α,β-unsaturated/α-hetero) is 1. The predicted octanol–water partition coefficient (Wildman–Crippen LogP) is 2.55. The van der Waals surface area contributed by atoms with Gasteiger partial charge < -0.3 is 5.11 Å². The lowest BCUT2D eigenvalue weighted by molar-refractivity contribution is -0.133. The molecule has 0 aromatic carbocycles. The topological polar surface area (TPSA) is 50.2 Å². The van der Waals surface area contributed by atoms with Crippen molar-refractivity contribution in [2.75, 3.05) is 5.75 Å². The maximum Gasteiger partial charge on any atom is 0.164 e. The van der Waals surface area contributed by atoms with E-state index in [1.54, 1.807) is 27.8 Å². The van der Waals surface area contributed by atoms with Crippen molar-refractivity contribution < 1.29 is 9.90 Å². The highest BCUT2D eigenvalue weighted by molar-refractivity contribution is 8.76. The summed E-state index contributed by atoms with van der Waals surface area (Å²) >= 11 is 0. The summed E-state index contributed by atoms with van der Waals surface area (Å²) in [6.45, 7) is 3.04. The van der Waals surface area contributed by atoms with Gasteiger partial charge in [0.25, 0.3) is 0 Å². The van der Waals surface area contributed by atoms with Crippen molar-refractivity contribution >= 4 is 27.4 Å². The van der Waals surface area contributed by atoms with Crippen LogP contribution >= 0.6 is 21.6 Å². The van der Waals surface area contributed by atoms with Gasteiger partial charge in [0.2, 0.25) is 0 Å². The monoisotopic (exact) mass is 257 g/mol. The maximum atomic E-state index is 11.4. The minimum atomic E-state index is -1.21. The van der Waals surface area contributed by atoms with Gasteiger partial charge in [-0.2, -0.15) is 0 Å². The van der Waals surface area contributed by atoms with Crippen molar-refractivity contribution in [1.82, 2.24) is 4.98 Å². The average Bonchev–Trinajstić information content (AvgIpc) is 2.24. The number of aromatic nitrogens is 1. The SMILES string of the molecule is CC(C)(O)C(=O)CCSSc1ccccn1. The van der Waals surface area contributed by atoms with E-state index in [0.29, 0.717) is 12.2 Å². The summed E-state index contributed by atoms with van der Waals surface area (Å²) in [6.07, 6.45) is 2.12. The first-order valence-electron chi connectivity index (χ1n) is 4.96. The molecule has 5 heteroatoms. The van der Waals surface area contributed by atoms with E-state index in [1.807, 2.05) is 18.2 Å². The highest BCUT2D eigenvalue weighted by Gasteiger charge is 2.22. The standard InChI is InChI=1S/C11H15NO2S2/c1-11(2,14)9(13)6-8-15-16-10-5-3-4-7-12-10/h3-5,7,14H,6,8H2,1-2H3. The molecule has 3 nitrogen and oxygen atoms in total. The summed E-state index contributed by atoms with van der Waals surface area (Å²) in [5, 5.41) is 10.4. The fourth-order valence-electron chi connectivity index (χ4n) is 0.939. The van der Waals surface area contributed by atoms with E-state index >= 15 is 0 Å². The number of ketones is 1. The Hall–Kier alpha value is -0.520. The molecule has 1 N–H and O–H groups in total. The molecule has 0 aliphatic heterocycles. The number of nitrogens with zero attached hydrogens (tertiary/aromatic N) is 1. The fourth-order valence-corrected chi connectivity index (χ4v) is 2.81. The molecule has 0 spiro atoms. The van der Waals surface area contributed by atoms with Crippen LogP contribution in [0.3, 0.4) is 0 Å². The summed E-state index contributed by atoms with van der Waals surface area (Å²) < 4.78 is 0. The number of pyridine rings is 1. The number of rotatable bonds is 6. The van der Waals surface area contributed by atoms with Crippen molar-refractivity contribution in [3.8, 4) is 0 Å². The van der Waals surface area contributed by atoms with Gasteiger partial charge in [0.15, 0.2) is 5.78 Å². The highest BCUT2D eigenvalue weighted by atomic mass is 33.1. The maximum absolute atomic E-state index is 11.4. The first-order valence-corrected chi connectivity index (χ1v) is 7.28. The Labute approximate surface area is 103 Å². The molecule has 1 aromatic heterocycles. The van der Waals surface area contributed by atoms with E-state index < -0.39 is 5.60 Å². The molecule has 0 aliphatic rings. The Morgan fingerprint density at radius 3 is 2.81 bits per heavy atom. The summed E-state index contributed by atoms with van der Waals surface area (Å²) in [6, 6.07) is 5.72. The van der Waals surface area contributed by atoms with Gasteiger partial charge in [-0.15, -0.1) is 0 Å². The lowest BCUT2D eigenvalue weighted by Crippen LogP contribution is -2.31. The van der Waals surface area contributed by atoms with Crippen LogP contribution in [0.15, 0.2) is 29.4 Å². The highest BCUT2D eigenvalue weighted by Crippen LogP contribution is 2.29. The first kappa shape index (κ1) is 13.5.